The van der Waals surface area contributed by atoms with Gasteiger partial charge in [0.1, 0.15) is 11.9 Å². The van der Waals surface area contributed by atoms with Crippen LogP contribution < -0.4 is 10.6 Å². The molecule has 2 aromatic rings. The predicted molar refractivity (Wildman–Crippen MR) is 84.6 cm³/mol. The van der Waals surface area contributed by atoms with Crippen LogP contribution in [0, 0.1) is 5.82 Å². The Kier molecular flexibility index (Phi) is 4.88. The van der Waals surface area contributed by atoms with Gasteiger partial charge in [0, 0.05) is 16.9 Å². The molecule has 114 valence electrons. The maximum absolute atomic E-state index is 12.8. The van der Waals surface area contributed by atoms with Gasteiger partial charge in [0.25, 0.3) is 0 Å². The quantitative estimate of drug-likeness (QED) is 0.831. The highest BCUT2D eigenvalue weighted by molar-refractivity contribution is 5.97. The van der Waals surface area contributed by atoms with Crippen LogP contribution in [-0.4, -0.2) is 17.7 Å². The van der Waals surface area contributed by atoms with Gasteiger partial charge in [-0.05, 0) is 62.4 Å². The summed E-state index contributed by atoms with van der Waals surface area (Å²) in [7, 11) is 0. The zero-order valence-corrected chi connectivity index (χ0v) is 12.4. The number of ketones is 1. The fourth-order valence-corrected chi connectivity index (χ4v) is 1.90. The Hall–Kier alpha value is -2.69. The molecule has 0 aliphatic heterocycles. The van der Waals surface area contributed by atoms with E-state index >= 15 is 0 Å². The molecule has 2 rings (SSSR count). The summed E-state index contributed by atoms with van der Waals surface area (Å²) >= 11 is 0. The lowest BCUT2D eigenvalue weighted by Crippen LogP contribution is -2.31. The maximum atomic E-state index is 12.8. The molecule has 0 aliphatic rings. The molecule has 0 saturated heterocycles. The van der Waals surface area contributed by atoms with Gasteiger partial charge >= 0.3 is 0 Å². The number of Topliss-reactive ketones (excluding diaryl/α,β-unsaturated/α-hetero) is 1. The summed E-state index contributed by atoms with van der Waals surface area (Å²) in [5, 5.41) is 5.74. The molecular weight excluding hydrogens is 283 g/mol. The average Bonchev–Trinajstić information content (AvgIpc) is 2.50. The molecule has 0 aromatic heterocycles. The highest BCUT2D eigenvalue weighted by atomic mass is 19.1. The zero-order valence-electron chi connectivity index (χ0n) is 12.4. The summed E-state index contributed by atoms with van der Waals surface area (Å²) in [6.45, 7) is 3.20. The van der Waals surface area contributed by atoms with Gasteiger partial charge in [-0.15, -0.1) is 0 Å². The Morgan fingerprint density at radius 3 is 2.05 bits per heavy atom. The van der Waals surface area contributed by atoms with E-state index in [2.05, 4.69) is 10.6 Å². The highest BCUT2D eigenvalue weighted by Crippen LogP contribution is 2.13. The van der Waals surface area contributed by atoms with Gasteiger partial charge in [-0.1, -0.05) is 0 Å². The zero-order chi connectivity index (χ0) is 16.1. The van der Waals surface area contributed by atoms with Crippen LogP contribution in [0.25, 0.3) is 0 Å². The third kappa shape index (κ3) is 4.15. The van der Waals surface area contributed by atoms with E-state index in [-0.39, 0.29) is 17.5 Å². The molecule has 1 atom stereocenters. The van der Waals surface area contributed by atoms with Crippen molar-refractivity contribution in [1.29, 1.82) is 0 Å². The number of anilines is 2. The molecule has 5 heteroatoms. The van der Waals surface area contributed by atoms with Crippen molar-refractivity contribution in [2.45, 2.75) is 19.9 Å². The SMILES string of the molecule is CC(=O)c1ccc(NC(=O)[C@H](C)Nc2ccc(F)cc2)cc1. The van der Waals surface area contributed by atoms with Crippen molar-refractivity contribution in [3.8, 4) is 0 Å². The first-order chi connectivity index (χ1) is 10.5. The van der Waals surface area contributed by atoms with Crippen LogP contribution in [-0.2, 0) is 4.79 Å². The summed E-state index contributed by atoms with van der Waals surface area (Å²) in [4.78, 5) is 23.3. The fraction of sp³-hybridized carbons (Fsp3) is 0.176. The molecule has 0 fully saturated rings. The number of amides is 1. The lowest BCUT2D eigenvalue weighted by molar-refractivity contribution is -0.116. The highest BCUT2D eigenvalue weighted by Gasteiger charge is 2.13. The number of carbonyl (C=O) groups excluding carboxylic acids is 2. The minimum absolute atomic E-state index is 0.0239. The third-order valence-corrected chi connectivity index (χ3v) is 3.18. The Morgan fingerprint density at radius 1 is 0.955 bits per heavy atom. The molecule has 0 spiro atoms. The van der Waals surface area contributed by atoms with Crippen molar-refractivity contribution >= 4 is 23.1 Å². The van der Waals surface area contributed by atoms with E-state index in [1.807, 2.05) is 0 Å². The minimum Gasteiger partial charge on any atom is -0.374 e. The molecule has 0 radical (unpaired) electrons. The van der Waals surface area contributed by atoms with Crippen LogP contribution >= 0.6 is 0 Å². The van der Waals surface area contributed by atoms with E-state index in [9.17, 15) is 14.0 Å². The first kappa shape index (κ1) is 15.7. The summed E-state index contributed by atoms with van der Waals surface area (Å²) in [6.07, 6.45) is 0. The van der Waals surface area contributed by atoms with E-state index in [0.717, 1.165) is 0 Å². The van der Waals surface area contributed by atoms with Gasteiger partial charge in [-0.3, -0.25) is 9.59 Å². The maximum Gasteiger partial charge on any atom is 0.246 e. The van der Waals surface area contributed by atoms with Crippen LogP contribution in [0.2, 0.25) is 0 Å². The summed E-state index contributed by atoms with van der Waals surface area (Å²) in [6, 6.07) is 12.0. The Balaban J connectivity index is 1.95. The molecule has 2 N–H and O–H groups in total. The number of halogens is 1. The van der Waals surface area contributed by atoms with Crippen molar-refractivity contribution in [3.05, 3.63) is 59.9 Å². The standard InChI is InChI=1S/C17H17FN2O2/c1-11(19-15-9-5-14(18)6-10-15)17(22)20-16-7-3-13(4-8-16)12(2)21/h3-11,19H,1-2H3,(H,20,22)/t11-/m0/s1. The largest absolute Gasteiger partial charge is 0.374 e. The number of benzene rings is 2. The van der Waals surface area contributed by atoms with Crippen molar-refractivity contribution in [2.75, 3.05) is 10.6 Å². The molecule has 4 nitrogen and oxygen atoms in total. The number of rotatable bonds is 5. The second-order valence-corrected chi connectivity index (χ2v) is 5.00. The van der Waals surface area contributed by atoms with Crippen LogP contribution in [0.5, 0.6) is 0 Å². The minimum atomic E-state index is -0.488. The summed E-state index contributed by atoms with van der Waals surface area (Å²) < 4.78 is 12.8. The molecule has 0 unspecified atom stereocenters. The molecule has 0 saturated carbocycles. The van der Waals surface area contributed by atoms with Crippen molar-refractivity contribution in [3.63, 3.8) is 0 Å². The monoisotopic (exact) mass is 300 g/mol. The molecule has 0 aliphatic carbocycles. The number of carbonyl (C=O) groups is 2. The van der Waals surface area contributed by atoms with Gasteiger partial charge in [0.05, 0.1) is 0 Å². The summed E-state index contributed by atoms with van der Waals surface area (Å²) in [5.41, 5.74) is 1.87. The second-order valence-electron chi connectivity index (χ2n) is 5.00. The van der Waals surface area contributed by atoms with Gasteiger partial charge in [0.15, 0.2) is 5.78 Å². The lowest BCUT2D eigenvalue weighted by atomic mass is 10.1. The third-order valence-electron chi connectivity index (χ3n) is 3.18. The van der Waals surface area contributed by atoms with Crippen molar-refractivity contribution in [2.24, 2.45) is 0 Å². The summed E-state index contributed by atoms with van der Waals surface area (Å²) in [5.74, 6) is -0.572. The van der Waals surface area contributed by atoms with Crippen molar-refractivity contribution in [1.82, 2.24) is 0 Å². The molecule has 22 heavy (non-hydrogen) atoms. The van der Waals surface area contributed by atoms with E-state index in [1.165, 1.54) is 19.1 Å². The molecule has 1 amide bonds. The molecule has 0 bridgehead atoms. The first-order valence-corrected chi connectivity index (χ1v) is 6.89. The van der Waals surface area contributed by atoms with Crippen LogP contribution in [0.3, 0.4) is 0 Å². The Bertz CT molecular complexity index is 666. The van der Waals surface area contributed by atoms with E-state index < -0.39 is 6.04 Å². The average molecular weight is 300 g/mol. The van der Waals surface area contributed by atoms with Crippen LogP contribution in [0.4, 0.5) is 15.8 Å². The van der Waals surface area contributed by atoms with E-state index in [0.29, 0.717) is 16.9 Å². The van der Waals surface area contributed by atoms with Gasteiger partial charge < -0.3 is 10.6 Å². The van der Waals surface area contributed by atoms with Gasteiger partial charge in [-0.2, -0.15) is 0 Å². The smallest absolute Gasteiger partial charge is 0.246 e. The number of nitrogens with one attached hydrogen (secondary N) is 2. The van der Waals surface area contributed by atoms with Crippen LogP contribution in [0.15, 0.2) is 48.5 Å². The molecular formula is C17H17FN2O2. The van der Waals surface area contributed by atoms with Crippen LogP contribution in [0.1, 0.15) is 24.2 Å². The fourth-order valence-electron chi connectivity index (χ4n) is 1.90. The normalized spacial score (nSPS) is 11.6. The number of hydrogen-bond acceptors (Lipinski definition) is 3. The number of hydrogen-bond donors (Lipinski definition) is 2. The van der Waals surface area contributed by atoms with E-state index in [4.69, 9.17) is 0 Å². The second kappa shape index (κ2) is 6.85. The Morgan fingerprint density at radius 2 is 1.50 bits per heavy atom. The Labute approximate surface area is 128 Å². The predicted octanol–water partition coefficient (Wildman–Crippen LogP) is 3.47. The van der Waals surface area contributed by atoms with Gasteiger partial charge in [0.2, 0.25) is 5.91 Å². The van der Waals surface area contributed by atoms with E-state index in [1.54, 1.807) is 43.3 Å². The first-order valence-electron chi connectivity index (χ1n) is 6.89. The molecule has 2 aromatic carbocycles. The van der Waals surface area contributed by atoms with Crippen molar-refractivity contribution < 1.29 is 14.0 Å². The van der Waals surface area contributed by atoms with Gasteiger partial charge in [-0.25, -0.2) is 4.39 Å². The molecule has 0 heterocycles. The lowest BCUT2D eigenvalue weighted by Gasteiger charge is -2.15. The topological polar surface area (TPSA) is 58.2 Å².